The smallest absolute Gasteiger partial charge is 0.303 e. The molecule has 2 N–H and O–H groups in total. The summed E-state index contributed by atoms with van der Waals surface area (Å²) in [7, 11) is 0. The molecule has 0 saturated heterocycles. The highest BCUT2D eigenvalue weighted by molar-refractivity contribution is 5.67. The van der Waals surface area contributed by atoms with Crippen molar-refractivity contribution in [2.24, 2.45) is 22.7 Å². The summed E-state index contributed by atoms with van der Waals surface area (Å²) < 4.78 is 0. The quantitative estimate of drug-likeness (QED) is 0.735. The highest BCUT2D eigenvalue weighted by Gasteiger charge is 2.65. The van der Waals surface area contributed by atoms with Gasteiger partial charge in [0.1, 0.15) is 0 Å². The standard InChI is InChI=1S/C12H20O3/c1-11(2)8-4-5-12(11,3)10(15)7(8)6-9(13)14/h7-8,10,15H,4-6H2,1-3H3,(H,13,14)/t7-,8-,10-,12-/m1/s1. The highest BCUT2D eigenvalue weighted by Crippen LogP contribution is 2.68. The second kappa shape index (κ2) is 2.97. The zero-order valence-corrected chi connectivity index (χ0v) is 9.66. The van der Waals surface area contributed by atoms with E-state index in [1.807, 2.05) is 0 Å². The van der Waals surface area contributed by atoms with Crippen LogP contribution in [0, 0.1) is 22.7 Å². The van der Waals surface area contributed by atoms with E-state index < -0.39 is 12.1 Å². The van der Waals surface area contributed by atoms with Crippen molar-refractivity contribution in [1.29, 1.82) is 0 Å². The molecule has 2 fully saturated rings. The minimum absolute atomic E-state index is 0.0451. The van der Waals surface area contributed by atoms with Gasteiger partial charge in [-0.2, -0.15) is 0 Å². The third kappa shape index (κ3) is 1.19. The van der Waals surface area contributed by atoms with E-state index in [9.17, 15) is 9.90 Å². The Morgan fingerprint density at radius 1 is 1.40 bits per heavy atom. The molecule has 2 bridgehead atoms. The highest BCUT2D eigenvalue weighted by atomic mass is 16.4. The van der Waals surface area contributed by atoms with Crippen molar-refractivity contribution in [3.63, 3.8) is 0 Å². The van der Waals surface area contributed by atoms with Crippen molar-refractivity contribution in [2.75, 3.05) is 0 Å². The fourth-order valence-corrected chi connectivity index (χ4v) is 3.99. The van der Waals surface area contributed by atoms with Crippen LogP contribution in [0.4, 0.5) is 0 Å². The van der Waals surface area contributed by atoms with Crippen molar-refractivity contribution < 1.29 is 15.0 Å². The minimum atomic E-state index is -0.786. The van der Waals surface area contributed by atoms with Gasteiger partial charge in [0.15, 0.2) is 0 Å². The van der Waals surface area contributed by atoms with E-state index >= 15 is 0 Å². The molecule has 2 saturated carbocycles. The number of hydrogen-bond donors (Lipinski definition) is 2. The zero-order chi connectivity index (χ0) is 11.4. The Hall–Kier alpha value is -0.570. The average Bonchev–Trinajstić information content (AvgIpc) is 2.40. The van der Waals surface area contributed by atoms with Gasteiger partial charge in [0, 0.05) is 0 Å². The molecule has 0 aromatic carbocycles. The zero-order valence-electron chi connectivity index (χ0n) is 9.66. The summed E-state index contributed by atoms with van der Waals surface area (Å²) in [6.07, 6.45) is 1.77. The lowest BCUT2D eigenvalue weighted by Crippen LogP contribution is -2.38. The van der Waals surface area contributed by atoms with Crippen LogP contribution >= 0.6 is 0 Å². The van der Waals surface area contributed by atoms with Crippen LogP contribution in [0.3, 0.4) is 0 Å². The average molecular weight is 212 g/mol. The van der Waals surface area contributed by atoms with Crippen LogP contribution in [0.1, 0.15) is 40.0 Å². The van der Waals surface area contributed by atoms with Gasteiger partial charge in [0.2, 0.25) is 0 Å². The van der Waals surface area contributed by atoms with Gasteiger partial charge in [-0.25, -0.2) is 0 Å². The molecule has 2 aliphatic carbocycles. The molecule has 86 valence electrons. The molecule has 3 heteroatoms. The van der Waals surface area contributed by atoms with Crippen LogP contribution < -0.4 is 0 Å². The van der Waals surface area contributed by atoms with Gasteiger partial charge in [0.25, 0.3) is 0 Å². The number of rotatable bonds is 2. The molecule has 0 unspecified atom stereocenters. The van der Waals surface area contributed by atoms with Gasteiger partial charge in [-0.05, 0) is 35.5 Å². The Labute approximate surface area is 90.5 Å². The predicted octanol–water partition coefficient (Wildman–Crippen LogP) is 1.89. The summed E-state index contributed by atoms with van der Waals surface area (Å²) in [6, 6.07) is 0. The Balaban J connectivity index is 2.29. The van der Waals surface area contributed by atoms with E-state index in [0.717, 1.165) is 12.8 Å². The van der Waals surface area contributed by atoms with Crippen LogP contribution in [0.25, 0.3) is 0 Å². The van der Waals surface area contributed by atoms with Crippen molar-refractivity contribution >= 4 is 5.97 Å². The third-order valence-corrected chi connectivity index (χ3v) is 5.36. The van der Waals surface area contributed by atoms with Crippen molar-refractivity contribution in [3.8, 4) is 0 Å². The number of aliphatic carboxylic acids is 1. The second-order valence-corrected chi connectivity index (χ2v) is 5.99. The first kappa shape index (κ1) is 10.9. The predicted molar refractivity (Wildman–Crippen MR) is 56.4 cm³/mol. The minimum Gasteiger partial charge on any atom is -0.481 e. The summed E-state index contributed by atoms with van der Waals surface area (Å²) in [5.74, 6) is -0.462. The summed E-state index contributed by atoms with van der Waals surface area (Å²) >= 11 is 0. The van der Waals surface area contributed by atoms with Crippen molar-refractivity contribution in [1.82, 2.24) is 0 Å². The maximum atomic E-state index is 10.8. The van der Waals surface area contributed by atoms with Crippen LogP contribution in [0.2, 0.25) is 0 Å². The van der Waals surface area contributed by atoms with Gasteiger partial charge >= 0.3 is 5.97 Å². The second-order valence-electron chi connectivity index (χ2n) is 5.99. The number of carboxylic acid groups (broad SMARTS) is 1. The molecule has 2 aliphatic rings. The Kier molecular flexibility index (Phi) is 2.16. The van der Waals surface area contributed by atoms with Gasteiger partial charge in [-0.1, -0.05) is 20.8 Å². The summed E-state index contributed by atoms with van der Waals surface area (Å²) in [6.45, 7) is 6.46. The molecule has 0 aromatic heterocycles. The third-order valence-electron chi connectivity index (χ3n) is 5.36. The summed E-state index contributed by atoms with van der Waals surface area (Å²) in [5, 5.41) is 19.1. The number of fused-ring (bicyclic) bond motifs is 2. The topological polar surface area (TPSA) is 57.5 Å². The van der Waals surface area contributed by atoms with E-state index in [1.165, 1.54) is 0 Å². The molecule has 2 rings (SSSR count). The number of hydrogen-bond acceptors (Lipinski definition) is 2. The van der Waals surface area contributed by atoms with E-state index in [-0.39, 0.29) is 23.2 Å². The first-order valence-corrected chi connectivity index (χ1v) is 5.70. The molecule has 0 heterocycles. The largest absolute Gasteiger partial charge is 0.481 e. The molecule has 0 radical (unpaired) electrons. The molecular formula is C12H20O3. The lowest BCUT2D eigenvalue weighted by Gasteiger charge is -2.37. The Bertz CT molecular complexity index is 297. The van der Waals surface area contributed by atoms with Crippen molar-refractivity contribution in [2.45, 2.75) is 46.1 Å². The molecule has 0 aliphatic heterocycles. The van der Waals surface area contributed by atoms with Gasteiger partial charge in [-0.3, -0.25) is 4.79 Å². The van der Waals surface area contributed by atoms with Gasteiger partial charge in [0.05, 0.1) is 12.5 Å². The summed E-state index contributed by atoms with van der Waals surface area (Å²) in [5.41, 5.74) is -0.00961. The number of aliphatic hydroxyl groups excluding tert-OH is 1. The maximum absolute atomic E-state index is 10.8. The number of aliphatic hydroxyl groups is 1. The van der Waals surface area contributed by atoms with E-state index in [0.29, 0.717) is 5.92 Å². The monoisotopic (exact) mass is 212 g/mol. The molecule has 0 aromatic rings. The molecule has 15 heavy (non-hydrogen) atoms. The van der Waals surface area contributed by atoms with Crippen LogP contribution in [-0.2, 0) is 4.79 Å². The first-order chi connectivity index (χ1) is 6.80. The van der Waals surface area contributed by atoms with E-state index in [2.05, 4.69) is 20.8 Å². The molecule has 4 atom stereocenters. The van der Waals surface area contributed by atoms with Crippen LogP contribution in [0.5, 0.6) is 0 Å². The SMILES string of the molecule is CC1(C)[C@@H]2CC[C@]1(C)[C@H](O)[C@@H]2CC(=O)O. The molecule has 3 nitrogen and oxygen atoms in total. The van der Waals surface area contributed by atoms with Crippen LogP contribution in [0.15, 0.2) is 0 Å². The van der Waals surface area contributed by atoms with Gasteiger partial charge in [-0.15, -0.1) is 0 Å². The molecular weight excluding hydrogens is 192 g/mol. The fourth-order valence-electron chi connectivity index (χ4n) is 3.99. The van der Waals surface area contributed by atoms with E-state index in [1.54, 1.807) is 0 Å². The first-order valence-electron chi connectivity index (χ1n) is 5.70. The molecule has 0 spiro atoms. The number of carboxylic acids is 1. The normalized spacial score (nSPS) is 47.1. The molecule has 0 amide bonds. The lowest BCUT2D eigenvalue weighted by molar-refractivity contribution is -0.140. The lowest BCUT2D eigenvalue weighted by atomic mass is 9.70. The summed E-state index contributed by atoms with van der Waals surface area (Å²) in [4.78, 5) is 10.8. The Morgan fingerprint density at radius 3 is 2.40 bits per heavy atom. The van der Waals surface area contributed by atoms with Crippen LogP contribution in [-0.4, -0.2) is 22.3 Å². The van der Waals surface area contributed by atoms with Crippen molar-refractivity contribution in [3.05, 3.63) is 0 Å². The van der Waals surface area contributed by atoms with E-state index in [4.69, 9.17) is 5.11 Å². The maximum Gasteiger partial charge on any atom is 0.303 e. The van der Waals surface area contributed by atoms with Gasteiger partial charge < -0.3 is 10.2 Å². The fraction of sp³-hybridized carbons (Fsp3) is 0.917. The number of carbonyl (C=O) groups is 1. The Morgan fingerprint density at radius 2 is 2.00 bits per heavy atom.